The van der Waals surface area contributed by atoms with Crippen LogP contribution in [0.1, 0.15) is 25.8 Å². The maximum atomic E-state index is 9.30. The van der Waals surface area contributed by atoms with Gasteiger partial charge in [0.2, 0.25) is 6.79 Å². The van der Waals surface area contributed by atoms with Gasteiger partial charge >= 0.3 is 0 Å². The summed E-state index contributed by atoms with van der Waals surface area (Å²) < 4.78 is 16.3. The molecule has 0 aliphatic carbocycles. The molecule has 1 N–H and O–H groups in total. The zero-order chi connectivity index (χ0) is 12.3. The summed E-state index contributed by atoms with van der Waals surface area (Å²) in [6, 6.07) is 3.56. The molecule has 1 unspecified atom stereocenters. The van der Waals surface area contributed by atoms with Crippen molar-refractivity contribution in [1.82, 2.24) is 0 Å². The average molecular weight is 238 g/mol. The van der Waals surface area contributed by atoms with Crippen molar-refractivity contribution in [1.29, 1.82) is 0 Å². The molecule has 0 saturated carbocycles. The Morgan fingerprint density at radius 1 is 1.35 bits per heavy atom. The minimum absolute atomic E-state index is 0.0630. The van der Waals surface area contributed by atoms with Crippen LogP contribution in [-0.4, -0.2) is 18.5 Å². The highest BCUT2D eigenvalue weighted by Crippen LogP contribution is 2.38. The van der Waals surface area contributed by atoms with E-state index in [2.05, 4.69) is 13.8 Å². The van der Waals surface area contributed by atoms with Crippen LogP contribution in [0.15, 0.2) is 12.1 Å². The van der Waals surface area contributed by atoms with Crippen molar-refractivity contribution < 1.29 is 19.3 Å². The minimum atomic E-state index is -0.0630. The van der Waals surface area contributed by atoms with Gasteiger partial charge in [0.1, 0.15) is 5.75 Å². The summed E-state index contributed by atoms with van der Waals surface area (Å²) in [6.07, 6.45) is 1.07. The van der Waals surface area contributed by atoms with Gasteiger partial charge in [-0.05, 0) is 12.0 Å². The number of aliphatic hydroxyl groups excluding tert-OH is 1. The molecule has 0 radical (unpaired) electrons. The third kappa shape index (κ3) is 2.64. The fourth-order valence-corrected chi connectivity index (χ4v) is 1.57. The average Bonchev–Trinajstić information content (AvgIpc) is 2.81. The van der Waals surface area contributed by atoms with Gasteiger partial charge < -0.3 is 19.3 Å². The first-order valence-corrected chi connectivity index (χ1v) is 5.90. The van der Waals surface area contributed by atoms with Crippen LogP contribution in [0.25, 0.3) is 0 Å². The van der Waals surface area contributed by atoms with Crippen molar-refractivity contribution in [3.63, 3.8) is 0 Å². The van der Waals surface area contributed by atoms with E-state index in [-0.39, 0.29) is 13.4 Å². The zero-order valence-corrected chi connectivity index (χ0v) is 10.2. The van der Waals surface area contributed by atoms with Gasteiger partial charge in [0.15, 0.2) is 11.5 Å². The van der Waals surface area contributed by atoms with Gasteiger partial charge in [-0.3, -0.25) is 0 Å². The summed E-state index contributed by atoms with van der Waals surface area (Å²) in [4.78, 5) is 0. The maximum Gasteiger partial charge on any atom is 0.231 e. The maximum absolute atomic E-state index is 9.30. The topological polar surface area (TPSA) is 47.9 Å². The summed E-state index contributed by atoms with van der Waals surface area (Å²) >= 11 is 0. The molecule has 1 aliphatic heterocycles. The summed E-state index contributed by atoms with van der Waals surface area (Å²) in [5.41, 5.74) is 0.734. The van der Waals surface area contributed by atoms with Crippen LogP contribution in [0.3, 0.4) is 0 Å². The third-order valence-electron chi connectivity index (χ3n) is 2.95. The number of rotatable bonds is 5. The van der Waals surface area contributed by atoms with E-state index < -0.39 is 0 Å². The van der Waals surface area contributed by atoms with E-state index in [1.807, 2.05) is 0 Å². The molecular formula is C13H18O4. The van der Waals surface area contributed by atoms with Crippen molar-refractivity contribution in [2.45, 2.75) is 26.9 Å². The fourth-order valence-electron chi connectivity index (χ4n) is 1.57. The molecule has 0 aromatic heterocycles. The molecule has 0 bridgehead atoms. The number of benzene rings is 1. The predicted molar refractivity (Wildman–Crippen MR) is 63.4 cm³/mol. The van der Waals surface area contributed by atoms with Crippen LogP contribution >= 0.6 is 0 Å². The van der Waals surface area contributed by atoms with Crippen molar-refractivity contribution in [3.8, 4) is 17.2 Å². The zero-order valence-electron chi connectivity index (χ0n) is 10.2. The van der Waals surface area contributed by atoms with Crippen molar-refractivity contribution in [2.24, 2.45) is 5.92 Å². The van der Waals surface area contributed by atoms with Gasteiger partial charge in [0.25, 0.3) is 0 Å². The minimum Gasteiger partial charge on any atom is -0.493 e. The van der Waals surface area contributed by atoms with Crippen molar-refractivity contribution in [3.05, 3.63) is 17.7 Å². The molecule has 4 nitrogen and oxygen atoms in total. The second-order valence-electron chi connectivity index (χ2n) is 4.30. The lowest BCUT2D eigenvalue weighted by atomic mass is 10.1. The lowest BCUT2D eigenvalue weighted by molar-refractivity contribution is 0.173. The van der Waals surface area contributed by atoms with Gasteiger partial charge in [-0.2, -0.15) is 0 Å². The molecule has 17 heavy (non-hydrogen) atoms. The quantitative estimate of drug-likeness (QED) is 0.855. The summed E-state index contributed by atoms with van der Waals surface area (Å²) in [5.74, 6) is 2.52. The highest BCUT2D eigenvalue weighted by molar-refractivity contribution is 5.51. The highest BCUT2D eigenvalue weighted by atomic mass is 16.7. The Kier molecular flexibility index (Phi) is 3.74. The SMILES string of the molecule is CCC(C)COc1cc2c(cc1CO)OCO2. The summed E-state index contributed by atoms with van der Waals surface area (Å²) in [5, 5.41) is 9.30. The molecule has 0 spiro atoms. The fraction of sp³-hybridized carbons (Fsp3) is 0.538. The second-order valence-corrected chi connectivity index (χ2v) is 4.30. The van der Waals surface area contributed by atoms with Gasteiger partial charge in [-0.15, -0.1) is 0 Å². The normalized spacial score (nSPS) is 14.8. The van der Waals surface area contributed by atoms with Gasteiger partial charge in [-0.1, -0.05) is 20.3 Å². The Labute approximate surface area is 101 Å². The Hall–Kier alpha value is -1.42. The first-order valence-electron chi connectivity index (χ1n) is 5.90. The Morgan fingerprint density at radius 2 is 2.06 bits per heavy atom. The molecule has 1 aromatic rings. The van der Waals surface area contributed by atoms with E-state index in [1.165, 1.54) is 0 Å². The van der Waals surface area contributed by atoms with E-state index in [4.69, 9.17) is 14.2 Å². The van der Waals surface area contributed by atoms with Crippen LogP contribution in [-0.2, 0) is 6.61 Å². The van der Waals surface area contributed by atoms with Crippen molar-refractivity contribution >= 4 is 0 Å². The predicted octanol–water partition coefficient (Wildman–Crippen LogP) is 2.33. The molecule has 0 fully saturated rings. The van der Waals surface area contributed by atoms with E-state index >= 15 is 0 Å². The molecule has 0 amide bonds. The molecular weight excluding hydrogens is 220 g/mol. The van der Waals surface area contributed by atoms with Crippen LogP contribution in [0.5, 0.6) is 17.2 Å². The number of ether oxygens (including phenoxy) is 3. The Bertz CT molecular complexity index is 389. The Morgan fingerprint density at radius 3 is 2.71 bits per heavy atom. The summed E-state index contributed by atoms with van der Waals surface area (Å²) in [7, 11) is 0. The number of hydrogen-bond acceptors (Lipinski definition) is 4. The molecule has 1 heterocycles. The van der Waals surface area contributed by atoms with Crippen LogP contribution in [0.4, 0.5) is 0 Å². The van der Waals surface area contributed by atoms with Gasteiger partial charge in [0, 0.05) is 11.6 Å². The van der Waals surface area contributed by atoms with E-state index in [1.54, 1.807) is 12.1 Å². The van der Waals surface area contributed by atoms with Crippen LogP contribution < -0.4 is 14.2 Å². The Balaban J connectivity index is 2.15. The van der Waals surface area contributed by atoms with Crippen molar-refractivity contribution in [2.75, 3.05) is 13.4 Å². The number of fused-ring (bicyclic) bond motifs is 1. The third-order valence-corrected chi connectivity index (χ3v) is 2.95. The van der Waals surface area contributed by atoms with E-state index in [0.717, 1.165) is 12.0 Å². The first-order chi connectivity index (χ1) is 8.24. The smallest absolute Gasteiger partial charge is 0.231 e. The standard InChI is InChI=1S/C13H18O4/c1-3-9(2)7-15-11-5-13-12(16-8-17-13)4-10(11)6-14/h4-5,9,14H,3,6-8H2,1-2H3. The lowest BCUT2D eigenvalue weighted by Gasteiger charge is -2.14. The molecule has 1 atom stereocenters. The van der Waals surface area contributed by atoms with E-state index in [9.17, 15) is 5.11 Å². The lowest BCUT2D eigenvalue weighted by Crippen LogP contribution is -2.08. The van der Waals surface area contributed by atoms with E-state index in [0.29, 0.717) is 29.8 Å². The molecule has 0 saturated heterocycles. The van der Waals surface area contributed by atoms with Gasteiger partial charge in [-0.25, -0.2) is 0 Å². The van der Waals surface area contributed by atoms with Gasteiger partial charge in [0.05, 0.1) is 13.2 Å². The molecule has 1 aromatic carbocycles. The molecule has 1 aliphatic rings. The molecule has 4 heteroatoms. The highest BCUT2D eigenvalue weighted by Gasteiger charge is 2.18. The van der Waals surface area contributed by atoms with Crippen LogP contribution in [0, 0.1) is 5.92 Å². The summed E-state index contributed by atoms with van der Waals surface area (Å²) in [6.45, 7) is 5.07. The molecule has 94 valence electrons. The molecule has 2 rings (SSSR count). The monoisotopic (exact) mass is 238 g/mol. The number of hydrogen-bond donors (Lipinski definition) is 1. The first kappa shape index (κ1) is 12.0. The second kappa shape index (κ2) is 5.27. The number of aliphatic hydroxyl groups is 1. The largest absolute Gasteiger partial charge is 0.493 e. The van der Waals surface area contributed by atoms with Crippen LogP contribution in [0.2, 0.25) is 0 Å².